The lowest BCUT2D eigenvalue weighted by molar-refractivity contribution is -0.143. The first-order valence-corrected chi connectivity index (χ1v) is 3.96. The summed E-state index contributed by atoms with van der Waals surface area (Å²) in [5.74, 6) is -2.13. The fraction of sp³-hybridized carbons (Fsp3) is 0.500. The highest BCUT2D eigenvalue weighted by atomic mass is 16.4. The number of hydrogen-bond acceptors (Lipinski definition) is 3. The van der Waals surface area contributed by atoms with Crippen molar-refractivity contribution in [3.63, 3.8) is 0 Å². The Kier molecular flexibility index (Phi) is 4.48. The Balaban J connectivity index is 4.31. The Bertz CT molecular complexity index is 250. The molecule has 0 aromatic carbocycles. The van der Waals surface area contributed by atoms with E-state index in [1.165, 1.54) is 0 Å². The summed E-state index contributed by atoms with van der Waals surface area (Å²) >= 11 is 0. The molecule has 0 aliphatic rings. The number of carboxylic acids is 1. The van der Waals surface area contributed by atoms with Gasteiger partial charge in [0.2, 0.25) is 5.91 Å². The van der Waals surface area contributed by atoms with Crippen LogP contribution in [0.2, 0.25) is 0 Å². The normalized spacial score (nSPS) is 11.6. The maximum absolute atomic E-state index is 11.1. The van der Waals surface area contributed by atoms with Crippen molar-refractivity contribution in [3.8, 4) is 0 Å². The predicted octanol–water partition coefficient (Wildman–Crippen LogP) is -0.955. The highest BCUT2D eigenvalue weighted by molar-refractivity contribution is 5.93. The summed E-state index contributed by atoms with van der Waals surface area (Å²) in [5.41, 5.74) is 4.82. The Morgan fingerprint density at radius 1 is 1.43 bits per heavy atom. The van der Waals surface area contributed by atoms with Gasteiger partial charge in [-0.2, -0.15) is 0 Å². The van der Waals surface area contributed by atoms with Crippen molar-refractivity contribution in [2.75, 3.05) is 0 Å². The highest BCUT2D eigenvalue weighted by Gasteiger charge is 2.28. The van der Waals surface area contributed by atoms with Crippen molar-refractivity contribution in [2.24, 2.45) is 5.73 Å². The first-order chi connectivity index (χ1) is 6.34. The van der Waals surface area contributed by atoms with Gasteiger partial charge in [0.1, 0.15) is 6.04 Å². The van der Waals surface area contributed by atoms with Gasteiger partial charge in [0, 0.05) is 0 Å². The molecule has 0 radical (unpaired) electrons. The zero-order chi connectivity index (χ0) is 11.3. The maximum Gasteiger partial charge on any atom is 0.404 e. The van der Waals surface area contributed by atoms with E-state index in [1.807, 2.05) is 0 Å². The van der Waals surface area contributed by atoms with Gasteiger partial charge in [0.05, 0.1) is 20.3 Å². The minimum absolute atomic E-state index is 0.408. The van der Waals surface area contributed by atoms with Crippen LogP contribution in [0.4, 0.5) is 0 Å². The predicted molar refractivity (Wildman–Crippen MR) is 48.0 cm³/mol. The first-order valence-electron chi connectivity index (χ1n) is 3.96. The van der Waals surface area contributed by atoms with Crippen molar-refractivity contribution in [2.45, 2.75) is 26.3 Å². The van der Waals surface area contributed by atoms with E-state index in [1.54, 1.807) is 13.8 Å². The molecule has 2 amide bonds. The molecule has 0 saturated carbocycles. The molecule has 0 aliphatic carbocycles. The summed E-state index contributed by atoms with van der Waals surface area (Å²) in [6, 6.07) is -1.25. The molecule has 0 aromatic heterocycles. The number of nitrogens with two attached hydrogens (primary N) is 1. The van der Waals surface area contributed by atoms with Gasteiger partial charge in [-0.05, 0) is 0 Å². The molecular weight excluding hydrogens is 188 g/mol. The van der Waals surface area contributed by atoms with Gasteiger partial charge in [-0.3, -0.25) is 4.79 Å². The van der Waals surface area contributed by atoms with Crippen LogP contribution in [-0.2, 0) is 14.4 Å². The summed E-state index contributed by atoms with van der Waals surface area (Å²) < 4.78 is 0. The molecule has 0 spiro atoms. The molecule has 1 unspecified atom stereocenters. The van der Waals surface area contributed by atoms with Crippen LogP contribution in [0.1, 0.15) is 20.3 Å². The van der Waals surface area contributed by atoms with Crippen molar-refractivity contribution >= 4 is 17.8 Å². The number of hydrogen-bond donors (Lipinski definition) is 3. The van der Waals surface area contributed by atoms with Crippen molar-refractivity contribution in [1.82, 2.24) is 5.32 Å². The van der Waals surface area contributed by atoms with Crippen LogP contribution >= 0.6 is 0 Å². The highest BCUT2D eigenvalue weighted by Crippen LogP contribution is 1.98. The van der Waals surface area contributed by atoms with E-state index >= 15 is 0 Å². The average Bonchev–Trinajstić information content (AvgIpc) is 2.01. The number of amides is 2. The van der Waals surface area contributed by atoms with E-state index in [0.29, 0.717) is 5.92 Å². The van der Waals surface area contributed by atoms with Crippen molar-refractivity contribution in [1.29, 1.82) is 0 Å². The molecule has 0 aromatic rings. The molecule has 1 atom stereocenters. The standard InChI is InChI=1S/C8H12N2O4/c1-4(2)7(12)10-5(8(13)14)3-6(9)11/h5H,3H2,1-2H3,(H3-,9,10,11,12,13,14)/p+1. The molecule has 0 heterocycles. The van der Waals surface area contributed by atoms with Crippen LogP contribution in [0.15, 0.2) is 0 Å². The lowest BCUT2D eigenvalue weighted by Crippen LogP contribution is -2.44. The molecule has 0 rings (SSSR count). The van der Waals surface area contributed by atoms with Crippen LogP contribution in [0.3, 0.4) is 0 Å². The Morgan fingerprint density at radius 3 is 2.21 bits per heavy atom. The number of carbonyl (C=O) groups excluding carboxylic acids is 2. The number of rotatable bonds is 5. The third kappa shape index (κ3) is 4.34. The van der Waals surface area contributed by atoms with Gasteiger partial charge in [-0.25, -0.2) is 9.59 Å². The number of aliphatic carboxylic acids is 1. The van der Waals surface area contributed by atoms with E-state index in [9.17, 15) is 14.4 Å². The monoisotopic (exact) mass is 201 g/mol. The zero-order valence-electron chi connectivity index (χ0n) is 8.03. The van der Waals surface area contributed by atoms with Gasteiger partial charge in [-0.15, -0.1) is 0 Å². The van der Waals surface area contributed by atoms with Gasteiger partial charge >= 0.3 is 11.9 Å². The summed E-state index contributed by atoms with van der Waals surface area (Å²) in [7, 11) is 0. The van der Waals surface area contributed by atoms with Crippen molar-refractivity contribution in [3.05, 3.63) is 5.92 Å². The van der Waals surface area contributed by atoms with E-state index < -0.39 is 30.2 Å². The molecule has 78 valence electrons. The van der Waals surface area contributed by atoms with Crippen LogP contribution in [0.25, 0.3) is 0 Å². The first kappa shape index (κ1) is 12.3. The molecule has 4 N–H and O–H groups in total. The fourth-order valence-corrected chi connectivity index (χ4v) is 0.704. The molecule has 6 nitrogen and oxygen atoms in total. The number of carboxylic acid groups (broad SMARTS) is 1. The summed E-state index contributed by atoms with van der Waals surface area (Å²) in [6.07, 6.45) is -0.408. The molecule has 6 heteroatoms. The lowest BCUT2D eigenvalue weighted by Gasteiger charge is -2.09. The quantitative estimate of drug-likeness (QED) is 0.498. The van der Waals surface area contributed by atoms with E-state index in [4.69, 9.17) is 10.8 Å². The molecule has 0 fully saturated rings. The zero-order valence-corrected chi connectivity index (χ0v) is 8.03. The van der Waals surface area contributed by atoms with Crippen LogP contribution < -0.4 is 11.1 Å². The summed E-state index contributed by atoms with van der Waals surface area (Å²) in [4.78, 5) is 32.1. The minimum atomic E-state index is -1.28. The van der Waals surface area contributed by atoms with E-state index in [2.05, 4.69) is 5.32 Å². The van der Waals surface area contributed by atoms with Crippen LogP contribution in [-0.4, -0.2) is 28.9 Å². The lowest BCUT2D eigenvalue weighted by atomic mass is 10.1. The van der Waals surface area contributed by atoms with Crippen LogP contribution in [0, 0.1) is 5.92 Å². The van der Waals surface area contributed by atoms with Gasteiger partial charge < -0.3 is 16.2 Å². The smallest absolute Gasteiger partial charge is 0.404 e. The Labute approximate surface area is 81.5 Å². The topological polar surface area (TPSA) is 109 Å². The van der Waals surface area contributed by atoms with Crippen LogP contribution in [0.5, 0.6) is 0 Å². The minimum Gasteiger partial charge on any atom is -0.480 e. The van der Waals surface area contributed by atoms with Gasteiger partial charge in [0.15, 0.2) is 5.92 Å². The molecule has 0 aliphatic heterocycles. The average molecular weight is 201 g/mol. The van der Waals surface area contributed by atoms with E-state index in [0.717, 1.165) is 0 Å². The summed E-state index contributed by atoms with van der Waals surface area (Å²) in [5, 5.41) is 10.8. The number of carbonyl (C=O) groups is 3. The molecule has 0 bridgehead atoms. The Hall–Kier alpha value is -1.72. The SMILES string of the molecule is C[C+](C)C(=O)NC(CC(N)=O)C(=O)O. The molecule has 14 heavy (non-hydrogen) atoms. The van der Waals surface area contributed by atoms with Crippen molar-refractivity contribution < 1.29 is 19.5 Å². The fourth-order valence-electron chi connectivity index (χ4n) is 0.704. The second kappa shape index (κ2) is 5.11. The Morgan fingerprint density at radius 2 is 1.93 bits per heavy atom. The second-order valence-electron chi connectivity index (χ2n) is 3.03. The van der Waals surface area contributed by atoms with Gasteiger partial charge in [0.25, 0.3) is 0 Å². The number of nitrogens with one attached hydrogen (secondary N) is 1. The third-order valence-corrected chi connectivity index (χ3v) is 1.46. The summed E-state index contributed by atoms with van der Waals surface area (Å²) in [6.45, 7) is 3.08. The molecule has 0 saturated heterocycles. The number of primary amides is 1. The second-order valence-corrected chi connectivity index (χ2v) is 3.03. The molecular formula is C8H13N2O4+. The third-order valence-electron chi connectivity index (χ3n) is 1.46. The van der Waals surface area contributed by atoms with E-state index in [-0.39, 0.29) is 0 Å². The largest absolute Gasteiger partial charge is 0.480 e. The maximum atomic E-state index is 11.1. The van der Waals surface area contributed by atoms with Gasteiger partial charge in [-0.1, -0.05) is 0 Å².